The minimum absolute atomic E-state index is 0.146. The maximum Gasteiger partial charge on any atom is 0.419 e. The molecule has 106 valence electrons. The predicted octanol–water partition coefficient (Wildman–Crippen LogP) is 3.11. The molecule has 0 radical (unpaired) electrons. The first kappa shape index (κ1) is 14.3. The highest BCUT2D eigenvalue weighted by Crippen LogP contribution is 2.31. The fraction of sp³-hybridized carbons (Fsp3) is 0.538. The second-order valence-electron chi connectivity index (χ2n) is 4.61. The summed E-state index contributed by atoms with van der Waals surface area (Å²) in [4.78, 5) is 0. The molecule has 0 aromatic heterocycles. The summed E-state index contributed by atoms with van der Waals surface area (Å²) in [6, 6.07) is 3.22. The van der Waals surface area contributed by atoms with Crippen molar-refractivity contribution in [3.8, 4) is 0 Å². The fourth-order valence-electron chi connectivity index (χ4n) is 2.06. The smallest absolute Gasteiger partial charge is 0.380 e. The van der Waals surface area contributed by atoms with Gasteiger partial charge in [0.25, 0.3) is 0 Å². The lowest BCUT2D eigenvalue weighted by molar-refractivity contribution is -0.140. The van der Waals surface area contributed by atoms with E-state index in [0.29, 0.717) is 12.2 Å². The van der Waals surface area contributed by atoms with Crippen LogP contribution < -0.4 is 5.32 Å². The van der Waals surface area contributed by atoms with E-state index in [9.17, 15) is 17.6 Å². The van der Waals surface area contributed by atoms with Crippen molar-refractivity contribution in [3.63, 3.8) is 0 Å². The Bertz CT molecular complexity index is 427. The van der Waals surface area contributed by atoms with Crippen LogP contribution in [0.1, 0.15) is 24.0 Å². The van der Waals surface area contributed by atoms with Crippen molar-refractivity contribution in [1.82, 2.24) is 5.32 Å². The zero-order chi connectivity index (χ0) is 13.9. The van der Waals surface area contributed by atoms with Gasteiger partial charge in [-0.05, 0) is 30.5 Å². The van der Waals surface area contributed by atoms with Gasteiger partial charge in [-0.1, -0.05) is 6.07 Å². The van der Waals surface area contributed by atoms with E-state index in [1.54, 1.807) is 0 Å². The number of ether oxygens (including phenoxy) is 1. The lowest BCUT2D eigenvalue weighted by atomic mass is 10.1. The fourth-order valence-corrected chi connectivity index (χ4v) is 2.06. The molecule has 1 fully saturated rings. The number of rotatable bonds is 3. The molecule has 1 aromatic rings. The van der Waals surface area contributed by atoms with Crippen molar-refractivity contribution < 1.29 is 22.3 Å². The van der Waals surface area contributed by atoms with Crippen LogP contribution in [-0.4, -0.2) is 19.3 Å². The van der Waals surface area contributed by atoms with Gasteiger partial charge in [-0.15, -0.1) is 0 Å². The van der Waals surface area contributed by atoms with Crippen LogP contribution in [0.25, 0.3) is 0 Å². The first-order valence-corrected chi connectivity index (χ1v) is 6.13. The molecule has 1 heterocycles. The van der Waals surface area contributed by atoms with Crippen molar-refractivity contribution in [1.29, 1.82) is 0 Å². The van der Waals surface area contributed by atoms with E-state index in [1.165, 1.54) is 6.07 Å². The van der Waals surface area contributed by atoms with Crippen LogP contribution in [0.5, 0.6) is 0 Å². The summed E-state index contributed by atoms with van der Waals surface area (Å²) in [5.74, 6) is -1.24. The summed E-state index contributed by atoms with van der Waals surface area (Å²) in [5.41, 5.74) is -0.800. The lowest BCUT2D eigenvalue weighted by Crippen LogP contribution is -2.36. The molecular formula is C13H15F4NO. The van der Waals surface area contributed by atoms with Crippen LogP contribution in [-0.2, 0) is 17.5 Å². The van der Waals surface area contributed by atoms with E-state index in [-0.39, 0.29) is 12.6 Å². The van der Waals surface area contributed by atoms with Crippen LogP contribution in [0.4, 0.5) is 17.6 Å². The number of halogens is 4. The van der Waals surface area contributed by atoms with Crippen molar-refractivity contribution >= 4 is 0 Å². The molecule has 0 spiro atoms. The Kier molecular flexibility index (Phi) is 4.42. The monoisotopic (exact) mass is 277 g/mol. The van der Waals surface area contributed by atoms with Crippen LogP contribution in [0.15, 0.2) is 18.2 Å². The van der Waals surface area contributed by atoms with Crippen molar-refractivity contribution in [2.24, 2.45) is 0 Å². The molecule has 2 nitrogen and oxygen atoms in total. The van der Waals surface area contributed by atoms with Crippen LogP contribution in [0.2, 0.25) is 0 Å². The summed E-state index contributed by atoms with van der Waals surface area (Å²) in [7, 11) is 0. The molecule has 0 saturated carbocycles. The molecule has 1 saturated heterocycles. The molecule has 1 aliphatic heterocycles. The summed E-state index contributed by atoms with van der Waals surface area (Å²) in [6.07, 6.45) is -2.78. The molecule has 0 amide bonds. The largest absolute Gasteiger partial charge is 0.419 e. The lowest BCUT2D eigenvalue weighted by Gasteiger charge is -2.23. The Morgan fingerprint density at radius 2 is 2.11 bits per heavy atom. The standard InChI is InChI=1S/C13H15F4NO/c14-12-4-3-9(6-11(12)13(15,16)17)7-18-10-2-1-5-19-8-10/h3-4,6,10,18H,1-2,5,7-8H2. The van der Waals surface area contributed by atoms with Gasteiger partial charge >= 0.3 is 6.18 Å². The number of hydrogen-bond acceptors (Lipinski definition) is 2. The zero-order valence-electron chi connectivity index (χ0n) is 10.3. The average molecular weight is 277 g/mol. The Morgan fingerprint density at radius 3 is 2.74 bits per heavy atom. The molecule has 1 unspecified atom stereocenters. The van der Waals surface area contributed by atoms with Crippen molar-refractivity contribution in [3.05, 3.63) is 35.1 Å². The summed E-state index contributed by atoms with van der Waals surface area (Å²) in [6.45, 7) is 1.57. The van der Waals surface area contributed by atoms with Gasteiger partial charge in [0.1, 0.15) is 5.82 Å². The third kappa shape index (κ3) is 3.91. The quantitative estimate of drug-likeness (QED) is 0.857. The minimum atomic E-state index is -4.66. The molecule has 1 aromatic carbocycles. The highest BCUT2D eigenvalue weighted by molar-refractivity contribution is 5.27. The number of nitrogens with one attached hydrogen (secondary N) is 1. The summed E-state index contributed by atoms with van der Waals surface area (Å²) in [5, 5.41) is 3.12. The molecule has 0 aliphatic carbocycles. The topological polar surface area (TPSA) is 21.3 Å². The maximum atomic E-state index is 13.1. The van der Waals surface area contributed by atoms with Gasteiger partial charge in [-0.3, -0.25) is 0 Å². The van der Waals surface area contributed by atoms with Gasteiger partial charge in [-0.2, -0.15) is 13.2 Å². The first-order chi connectivity index (χ1) is 8.97. The predicted molar refractivity (Wildman–Crippen MR) is 62.1 cm³/mol. The molecule has 1 aliphatic rings. The number of hydrogen-bond donors (Lipinski definition) is 1. The van der Waals surface area contributed by atoms with E-state index in [1.807, 2.05) is 0 Å². The Morgan fingerprint density at radius 1 is 1.32 bits per heavy atom. The zero-order valence-corrected chi connectivity index (χ0v) is 10.3. The molecule has 19 heavy (non-hydrogen) atoms. The number of alkyl halides is 3. The third-order valence-corrected chi connectivity index (χ3v) is 3.09. The number of benzene rings is 1. The normalized spacial score (nSPS) is 20.5. The molecular weight excluding hydrogens is 262 g/mol. The maximum absolute atomic E-state index is 13.1. The molecule has 1 N–H and O–H groups in total. The Labute approximate surface area is 108 Å². The van der Waals surface area contributed by atoms with Crippen LogP contribution in [0.3, 0.4) is 0 Å². The van der Waals surface area contributed by atoms with E-state index >= 15 is 0 Å². The molecule has 2 rings (SSSR count). The highest BCUT2D eigenvalue weighted by Gasteiger charge is 2.34. The van der Waals surface area contributed by atoms with Gasteiger partial charge in [0.15, 0.2) is 0 Å². The molecule has 0 bridgehead atoms. The average Bonchev–Trinajstić information content (AvgIpc) is 2.37. The van der Waals surface area contributed by atoms with Crippen molar-refractivity contribution in [2.75, 3.05) is 13.2 Å². The Hall–Kier alpha value is -1.14. The second kappa shape index (κ2) is 5.88. The van der Waals surface area contributed by atoms with Crippen molar-refractivity contribution in [2.45, 2.75) is 31.6 Å². The molecule has 1 atom stereocenters. The second-order valence-corrected chi connectivity index (χ2v) is 4.61. The third-order valence-electron chi connectivity index (χ3n) is 3.09. The van der Waals surface area contributed by atoms with Gasteiger partial charge in [-0.25, -0.2) is 4.39 Å². The van der Waals surface area contributed by atoms with Gasteiger partial charge in [0, 0.05) is 19.2 Å². The summed E-state index contributed by atoms with van der Waals surface area (Å²) >= 11 is 0. The molecule has 6 heteroatoms. The van der Waals surface area contributed by atoms with Gasteiger partial charge < -0.3 is 10.1 Å². The SMILES string of the molecule is Fc1ccc(CNC2CCCOC2)cc1C(F)(F)F. The van der Waals surface area contributed by atoms with E-state index in [0.717, 1.165) is 31.6 Å². The van der Waals surface area contributed by atoms with Crippen LogP contribution >= 0.6 is 0 Å². The van der Waals surface area contributed by atoms with E-state index in [2.05, 4.69) is 5.32 Å². The van der Waals surface area contributed by atoms with E-state index in [4.69, 9.17) is 4.74 Å². The highest BCUT2D eigenvalue weighted by atomic mass is 19.4. The first-order valence-electron chi connectivity index (χ1n) is 6.13. The van der Waals surface area contributed by atoms with Crippen LogP contribution in [0, 0.1) is 5.82 Å². The van der Waals surface area contributed by atoms with E-state index < -0.39 is 17.6 Å². The van der Waals surface area contributed by atoms with Gasteiger partial charge in [0.2, 0.25) is 0 Å². The summed E-state index contributed by atoms with van der Waals surface area (Å²) < 4.78 is 56.0. The minimum Gasteiger partial charge on any atom is -0.380 e. The van der Waals surface area contributed by atoms with Gasteiger partial charge in [0.05, 0.1) is 12.2 Å². The Balaban J connectivity index is 2.00.